The molecular formula is C19H18ClNO. The Balaban J connectivity index is 2.25. The Bertz CT molecular complexity index is 903. The van der Waals surface area contributed by atoms with Crippen LogP contribution in [0.15, 0.2) is 59.5 Å². The fourth-order valence-electron chi connectivity index (χ4n) is 2.58. The van der Waals surface area contributed by atoms with Crippen LogP contribution in [0.2, 0.25) is 5.02 Å². The normalized spacial score (nSPS) is 11.8. The molecular weight excluding hydrogens is 294 g/mol. The molecule has 0 N–H and O–H groups in total. The van der Waals surface area contributed by atoms with Crippen LogP contribution in [-0.4, -0.2) is 4.57 Å². The van der Waals surface area contributed by atoms with Crippen molar-refractivity contribution in [3.8, 4) is 5.69 Å². The maximum absolute atomic E-state index is 12.0. The van der Waals surface area contributed by atoms with Crippen molar-refractivity contribution in [3.05, 3.63) is 75.5 Å². The number of rotatable bonds is 1. The number of fused-ring (bicyclic) bond motifs is 1. The van der Waals surface area contributed by atoms with Gasteiger partial charge in [-0.25, -0.2) is 0 Å². The van der Waals surface area contributed by atoms with E-state index >= 15 is 0 Å². The van der Waals surface area contributed by atoms with Crippen LogP contribution in [0, 0.1) is 0 Å². The van der Waals surface area contributed by atoms with Crippen LogP contribution in [-0.2, 0) is 5.41 Å². The van der Waals surface area contributed by atoms with Crippen molar-refractivity contribution in [1.82, 2.24) is 4.57 Å². The maximum Gasteiger partial charge on any atom is 0.189 e. The second kappa shape index (κ2) is 5.29. The Morgan fingerprint density at radius 2 is 1.73 bits per heavy atom. The number of benzene rings is 2. The summed E-state index contributed by atoms with van der Waals surface area (Å²) in [6.07, 6.45) is 1.78. The molecule has 0 saturated heterocycles. The van der Waals surface area contributed by atoms with Crippen molar-refractivity contribution in [2.24, 2.45) is 0 Å². The molecule has 0 fully saturated rings. The zero-order valence-corrected chi connectivity index (χ0v) is 13.7. The second-order valence-corrected chi connectivity index (χ2v) is 6.89. The summed E-state index contributed by atoms with van der Waals surface area (Å²) >= 11 is 6.51. The molecule has 3 rings (SSSR count). The molecule has 0 radical (unpaired) electrons. The van der Waals surface area contributed by atoms with E-state index in [4.69, 9.17) is 11.6 Å². The van der Waals surface area contributed by atoms with Crippen LogP contribution < -0.4 is 5.43 Å². The van der Waals surface area contributed by atoms with Gasteiger partial charge in [-0.3, -0.25) is 4.79 Å². The van der Waals surface area contributed by atoms with E-state index in [2.05, 4.69) is 26.8 Å². The van der Waals surface area contributed by atoms with Gasteiger partial charge in [-0.05, 0) is 35.2 Å². The van der Waals surface area contributed by atoms with Gasteiger partial charge in [0.05, 0.1) is 16.2 Å². The van der Waals surface area contributed by atoms with Gasteiger partial charge < -0.3 is 4.57 Å². The van der Waals surface area contributed by atoms with Crippen molar-refractivity contribution < 1.29 is 0 Å². The van der Waals surface area contributed by atoms with E-state index in [9.17, 15) is 4.79 Å². The lowest BCUT2D eigenvalue weighted by Crippen LogP contribution is -2.12. The Morgan fingerprint density at radius 3 is 2.41 bits per heavy atom. The van der Waals surface area contributed by atoms with E-state index < -0.39 is 0 Å². The highest BCUT2D eigenvalue weighted by atomic mass is 35.5. The molecule has 3 aromatic rings. The van der Waals surface area contributed by atoms with Gasteiger partial charge in [0, 0.05) is 17.6 Å². The van der Waals surface area contributed by atoms with Crippen molar-refractivity contribution in [3.63, 3.8) is 0 Å². The van der Waals surface area contributed by atoms with Gasteiger partial charge >= 0.3 is 0 Å². The van der Waals surface area contributed by atoms with Crippen LogP contribution >= 0.6 is 11.6 Å². The molecule has 112 valence electrons. The van der Waals surface area contributed by atoms with Gasteiger partial charge in [-0.1, -0.05) is 50.6 Å². The second-order valence-electron chi connectivity index (χ2n) is 6.48. The quantitative estimate of drug-likeness (QED) is 0.624. The Morgan fingerprint density at radius 1 is 1.00 bits per heavy atom. The van der Waals surface area contributed by atoms with E-state index in [0.717, 1.165) is 11.2 Å². The molecule has 0 atom stereocenters. The highest BCUT2D eigenvalue weighted by molar-refractivity contribution is 6.32. The number of hydrogen-bond acceptors (Lipinski definition) is 1. The lowest BCUT2D eigenvalue weighted by molar-refractivity contribution is 0.590. The minimum absolute atomic E-state index is 0.0225. The molecule has 0 saturated carbocycles. The summed E-state index contributed by atoms with van der Waals surface area (Å²) in [4.78, 5) is 12.0. The first-order valence-electron chi connectivity index (χ1n) is 7.29. The fourth-order valence-corrected chi connectivity index (χ4v) is 2.85. The average Bonchev–Trinajstić information content (AvgIpc) is 2.47. The largest absolute Gasteiger partial charge is 0.315 e. The molecule has 2 nitrogen and oxygen atoms in total. The van der Waals surface area contributed by atoms with E-state index in [-0.39, 0.29) is 10.8 Å². The van der Waals surface area contributed by atoms with E-state index in [1.54, 1.807) is 12.3 Å². The maximum atomic E-state index is 12.0. The summed E-state index contributed by atoms with van der Waals surface area (Å²) in [6.45, 7) is 6.48. The fraction of sp³-hybridized carbons (Fsp3) is 0.211. The van der Waals surface area contributed by atoms with Crippen LogP contribution in [0.5, 0.6) is 0 Å². The van der Waals surface area contributed by atoms with Gasteiger partial charge in [0.25, 0.3) is 0 Å². The third-order valence-corrected chi connectivity index (χ3v) is 4.18. The van der Waals surface area contributed by atoms with Crippen LogP contribution in [0.25, 0.3) is 16.6 Å². The molecule has 0 aliphatic rings. The lowest BCUT2D eigenvalue weighted by Gasteiger charge is -2.21. The highest BCUT2D eigenvalue weighted by Crippen LogP contribution is 2.30. The molecule has 1 aromatic heterocycles. The summed E-state index contributed by atoms with van der Waals surface area (Å²) in [7, 11) is 0. The zero-order chi connectivity index (χ0) is 15.9. The Hall–Kier alpha value is -2.06. The first-order valence-corrected chi connectivity index (χ1v) is 7.66. The summed E-state index contributed by atoms with van der Waals surface area (Å²) in [6, 6.07) is 15.3. The van der Waals surface area contributed by atoms with Crippen molar-refractivity contribution in [1.29, 1.82) is 0 Å². The van der Waals surface area contributed by atoms with Gasteiger partial charge in [0.1, 0.15) is 0 Å². The first kappa shape index (κ1) is 14.9. The van der Waals surface area contributed by atoms with Gasteiger partial charge in [0.15, 0.2) is 5.43 Å². The highest BCUT2D eigenvalue weighted by Gasteiger charge is 2.16. The third kappa shape index (κ3) is 2.55. The van der Waals surface area contributed by atoms with Gasteiger partial charge in [-0.2, -0.15) is 0 Å². The zero-order valence-electron chi connectivity index (χ0n) is 12.9. The minimum Gasteiger partial charge on any atom is -0.315 e. The molecule has 3 heteroatoms. The summed E-state index contributed by atoms with van der Waals surface area (Å²) < 4.78 is 1.96. The molecule has 1 heterocycles. The van der Waals surface area contributed by atoms with Crippen molar-refractivity contribution in [2.75, 3.05) is 0 Å². The smallest absolute Gasteiger partial charge is 0.189 e. The van der Waals surface area contributed by atoms with E-state index in [1.165, 1.54) is 5.56 Å². The number of pyridine rings is 1. The van der Waals surface area contributed by atoms with E-state index in [1.807, 2.05) is 41.0 Å². The van der Waals surface area contributed by atoms with Crippen molar-refractivity contribution >= 4 is 22.5 Å². The summed E-state index contributed by atoms with van der Waals surface area (Å²) in [5.74, 6) is 0. The molecule has 0 bridgehead atoms. The predicted molar refractivity (Wildman–Crippen MR) is 93.3 cm³/mol. The van der Waals surface area contributed by atoms with Gasteiger partial charge in [-0.15, -0.1) is 0 Å². The standard InChI is InChI=1S/C19H18ClNO/c1-19(2,3)13-8-9-17(15(20)12-13)21-11-10-18(22)14-6-4-5-7-16(14)21/h4-12H,1-3H3. The predicted octanol–water partition coefficient (Wildman–Crippen LogP) is 4.94. The molecule has 22 heavy (non-hydrogen) atoms. The average molecular weight is 312 g/mol. The Labute approximate surface area is 135 Å². The first-order chi connectivity index (χ1) is 10.4. The monoisotopic (exact) mass is 311 g/mol. The topological polar surface area (TPSA) is 22.0 Å². The number of para-hydroxylation sites is 1. The number of halogens is 1. The number of hydrogen-bond donors (Lipinski definition) is 0. The number of aromatic nitrogens is 1. The van der Waals surface area contributed by atoms with Crippen molar-refractivity contribution in [2.45, 2.75) is 26.2 Å². The Kier molecular flexibility index (Phi) is 3.57. The van der Waals surface area contributed by atoms with Crippen LogP contribution in [0.4, 0.5) is 0 Å². The van der Waals surface area contributed by atoms with E-state index in [0.29, 0.717) is 10.4 Å². The third-order valence-electron chi connectivity index (χ3n) is 3.88. The van der Waals surface area contributed by atoms with Gasteiger partial charge in [0.2, 0.25) is 0 Å². The number of nitrogens with zero attached hydrogens (tertiary/aromatic N) is 1. The van der Waals surface area contributed by atoms with Crippen LogP contribution in [0.1, 0.15) is 26.3 Å². The SMILES string of the molecule is CC(C)(C)c1ccc(-n2ccc(=O)c3ccccc32)c(Cl)c1. The molecule has 0 aliphatic heterocycles. The summed E-state index contributed by atoms with van der Waals surface area (Å²) in [5, 5.41) is 1.38. The molecule has 0 spiro atoms. The lowest BCUT2D eigenvalue weighted by atomic mass is 9.87. The molecule has 2 aromatic carbocycles. The summed E-state index contributed by atoms with van der Waals surface area (Å²) in [5.41, 5.74) is 3.00. The van der Waals surface area contributed by atoms with Crippen LogP contribution in [0.3, 0.4) is 0 Å². The molecule has 0 aliphatic carbocycles. The molecule has 0 unspecified atom stereocenters. The minimum atomic E-state index is 0.0225. The molecule has 0 amide bonds.